The fraction of sp³-hybridized carbons (Fsp3) is 0.846. The molecule has 0 radical (unpaired) electrons. The van der Waals surface area contributed by atoms with Crippen molar-refractivity contribution in [2.75, 3.05) is 19.7 Å². The number of amides is 2. The third-order valence-corrected chi connectivity index (χ3v) is 4.09. The lowest BCUT2D eigenvalue weighted by atomic mass is 10.1. The third-order valence-electron chi connectivity index (χ3n) is 4.09. The molecule has 2 saturated heterocycles. The first-order valence-corrected chi connectivity index (χ1v) is 6.96. The maximum Gasteiger partial charge on any atom is 0.334 e. The van der Waals surface area contributed by atoms with Crippen LogP contribution in [-0.2, 0) is 9.53 Å². The lowest BCUT2D eigenvalue weighted by molar-refractivity contribution is -0.154. The predicted molar refractivity (Wildman–Crippen MR) is 69.0 cm³/mol. The first kappa shape index (κ1) is 14.1. The number of hydrogen-bond donors (Lipinski definition) is 1. The monoisotopic (exact) mass is 270 g/mol. The van der Waals surface area contributed by atoms with E-state index in [2.05, 4.69) is 13.8 Å². The van der Waals surface area contributed by atoms with Gasteiger partial charge < -0.3 is 19.6 Å². The van der Waals surface area contributed by atoms with Gasteiger partial charge in [-0.1, -0.05) is 6.92 Å². The number of urea groups is 1. The van der Waals surface area contributed by atoms with Crippen molar-refractivity contribution in [3.05, 3.63) is 0 Å². The quantitative estimate of drug-likeness (QED) is 0.817. The van der Waals surface area contributed by atoms with Gasteiger partial charge in [-0.05, 0) is 26.2 Å². The Labute approximate surface area is 113 Å². The van der Waals surface area contributed by atoms with Crippen LogP contribution < -0.4 is 0 Å². The van der Waals surface area contributed by atoms with E-state index in [9.17, 15) is 9.59 Å². The van der Waals surface area contributed by atoms with Gasteiger partial charge in [0.2, 0.25) is 0 Å². The summed E-state index contributed by atoms with van der Waals surface area (Å²) < 4.78 is 5.15. The number of hydrogen-bond acceptors (Lipinski definition) is 3. The zero-order valence-electron chi connectivity index (χ0n) is 11.5. The molecule has 6 nitrogen and oxygen atoms in total. The second-order valence-electron chi connectivity index (χ2n) is 5.32. The summed E-state index contributed by atoms with van der Waals surface area (Å²) in [6, 6.07) is 0.489. The van der Waals surface area contributed by atoms with Crippen molar-refractivity contribution in [3.8, 4) is 0 Å². The lowest BCUT2D eigenvalue weighted by Gasteiger charge is -2.37. The minimum absolute atomic E-state index is 0.0357. The van der Waals surface area contributed by atoms with Gasteiger partial charge in [0.25, 0.3) is 0 Å². The Balaban J connectivity index is 2.04. The maximum atomic E-state index is 12.6. The van der Waals surface area contributed by atoms with Crippen molar-refractivity contribution in [2.45, 2.75) is 51.3 Å². The Morgan fingerprint density at radius 3 is 2.74 bits per heavy atom. The molecule has 108 valence electrons. The highest BCUT2D eigenvalue weighted by Crippen LogP contribution is 2.27. The normalized spacial score (nSPS) is 31.6. The largest absolute Gasteiger partial charge is 0.479 e. The summed E-state index contributed by atoms with van der Waals surface area (Å²) in [5, 5.41) is 8.98. The molecule has 0 bridgehead atoms. The van der Waals surface area contributed by atoms with Crippen molar-refractivity contribution >= 4 is 12.0 Å². The van der Waals surface area contributed by atoms with E-state index in [1.165, 1.54) is 0 Å². The SMILES string of the molecule is CCC1CCC(C)N1C(=O)N1CCOC(C(=O)O)C1. The Morgan fingerprint density at radius 1 is 1.37 bits per heavy atom. The fourth-order valence-electron chi connectivity index (χ4n) is 2.95. The summed E-state index contributed by atoms with van der Waals surface area (Å²) in [5.74, 6) is -1.00. The molecule has 3 unspecified atom stereocenters. The molecule has 0 aromatic heterocycles. The Bertz CT molecular complexity index is 361. The number of carboxylic acid groups (broad SMARTS) is 1. The Kier molecular flexibility index (Phi) is 4.29. The van der Waals surface area contributed by atoms with Crippen LogP contribution in [0.5, 0.6) is 0 Å². The molecule has 2 amide bonds. The van der Waals surface area contributed by atoms with E-state index >= 15 is 0 Å². The Hall–Kier alpha value is -1.30. The van der Waals surface area contributed by atoms with Gasteiger partial charge in [0.15, 0.2) is 6.10 Å². The zero-order valence-corrected chi connectivity index (χ0v) is 11.5. The summed E-state index contributed by atoms with van der Waals surface area (Å²) in [7, 11) is 0. The van der Waals surface area contributed by atoms with E-state index in [-0.39, 0.29) is 24.7 Å². The molecule has 0 saturated carbocycles. The van der Waals surface area contributed by atoms with Crippen molar-refractivity contribution in [3.63, 3.8) is 0 Å². The molecule has 0 aromatic rings. The molecule has 2 fully saturated rings. The van der Waals surface area contributed by atoms with Gasteiger partial charge in [0, 0.05) is 18.6 Å². The second kappa shape index (κ2) is 5.77. The van der Waals surface area contributed by atoms with Gasteiger partial charge in [0.05, 0.1) is 13.2 Å². The van der Waals surface area contributed by atoms with Crippen LogP contribution in [0.2, 0.25) is 0 Å². The lowest BCUT2D eigenvalue weighted by Crippen LogP contribution is -2.55. The smallest absolute Gasteiger partial charge is 0.334 e. The molecule has 0 aliphatic carbocycles. The molecule has 0 aromatic carbocycles. The van der Waals surface area contributed by atoms with Gasteiger partial charge in [0.1, 0.15) is 0 Å². The number of likely N-dealkylation sites (tertiary alicyclic amines) is 1. The third kappa shape index (κ3) is 2.83. The summed E-state index contributed by atoms with van der Waals surface area (Å²) in [6.45, 7) is 5.06. The number of aliphatic carboxylic acids is 1. The molecule has 2 heterocycles. The second-order valence-corrected chi connectivity index (χ2v) is 5.32. The first-order valence-electron chi connectivity index (χ1n) is 6.96. The standard InChI is InChI=1S/C13H22N2O4/c1-3-10-5-4-9(2)15(10)13(18)14-6-7-19-11(8-14)12(16)17/h9-11H,3-8H2,1-2H3,(H,16,17). The molecule has 2 rings (SSSR count). The summed E-state index contributed by atoms with van der Waals surface area (Å²) in [6.07, 6.45) is 2.12. The minimum Gasteiger partial charge on any atom is -0.479 e. The average Bonchev–Trinajstić information content (AvgIpc) is 2.79. The van der Waals surface area contributed by atoms with E-state index in [0.717, 1.165) is 19.3 Å². The summed E-state index contributed by atoms with van der Waals surface area (Å²) >= 11 is 0. The van der Waals surface area contributed by atoms with E-state index in [1.807, 2.05) is 4.90 Å². The van der Waals surface area contributed by atoms with Crippen LogP contribution in [0.4, 0.5) is 4.79 Å². The van der Waals surface area contributed by atoms with Gasteiger partial charge in [-0.3, -0.25) is 0 Å². The molecular formula is C13H22N2O4. The Morgan fingerprint density at radius 2 is 2.11 bits per heavy atom. The average molecular weight is 270 g/mol. The van der Waals surface area contributed by atoms with Gasteiger partial charge in [-0.2, -0.15) is 0 Å². The number of nitrogens with zero attached hydrogens (tertiary/aromatic N) is 2. The van der Waals surface area contributed by atoms with Crippen molar-refractivity contribution in [2.24, 2.45) is 0 Å². The van der Waals surface area contributed by atoms with Crippen LogP contribution in [-0.4, -0.2) is 64.8 Å². The number of carbonyl (C=O) groups excluding carboxylic acids is 1. The summed E-state index contributed by atoms with van der Waals surface area (Å²) in [5.41, 5.74) is 0. The van der Waals surface area contributed by atoms with Gasteiger partial charge >= 0.3 is 12.0 Å². The zero-order chi connectivity index (χ0) is 14.0. The molecule has 2 aliphatic heterocycles. The fourth-order valence-corrected chi connectivity index (χ4v) is 2.95. The number of carbonyl (C=O) groups is 2. The minimum atomic E-state index is -1.00. The van der Waals surface area contributed by atoms with Crippen LogP contribution in [0.25, 0.3) is 0 Å². The van der Waals surface area contributed by atoms with E-state index in [4.69, 9.17) is 9.84 Å². The van der Waals surface area contributed by atoms with Crippen LogP contribution in [0.1, 0.15) is 33.1 Å². The van der Waals surface area contributed by atoms with Crippen molar-refractivity contribution in [1.82, 2.24) is 9.80 Å². The van der Waals surface area contributed by atoms with Crippen LogP contribution in [0, 0.1) is 0 Å². The highest BCUT2D eigenvalue weighted by Gasteiger charge is 2.38. The van der Waals surface area contributed by atoms with E-state index < -0.39 is 12.1 Å². The van der Waals surface area contributed by atoms with Gasteiger partial charge in [-0.15, -0.1) is 0 Å². The highest BCUT2D eigenvalue weighted by atomic mass is 16.5. The molecule has 1 N–H and O–H groups in total. The number of rotatable bonds is 2. The molecule has 19 heavy (non-hydrogen) atoms. The maximum absolute atomic E-state index is 12.6. The van der Waals surface area contributed by atoms with E-state index in [0.29, 0.717) is 13.2 Å². The number of morpholine rings is 1. The molecule has 6 heteroatoms. The summed E-state index contributed by atoms with van der Waals surface area (Å²) in [4.78, 5) is 27.0. The van der Waals surface area contributed by atoms with Crippen molar-refractivity contribution < 1.29 is 19.4 Å². The van der Waals surface area contributed by atoms with Crippen LogP contribution in [0.3, 0.4) is 0 Å². The first-order chi connectivity index (χ1) is 9.04. The molecule has 0 spiro atoms. The number of ether oxygens (including phenoxy) is 1. The number of carboxylic acids is 1. The van der Waals surface area contributed by atoms with Gasteiger partial charge in [-0.25, -0.2) is 9.59 Å². The molecular weight excluding hydrogens is 248 g/mol. The predicted octanol–water partition coefficient (Wildman–Crippen LogP) is 1.15. The molecule has 2 aliphatic rings. The highest BCUT2D eigenvalue weighted by molar-refractivity contribution is 5.78. The van der Waals surface area contributed by atoms with E-state index in [1.54, 1.807) is 4.90 Å². The van der Waals surface area contributed by atoms with Crippen LogP contribution >= 0.6 is 0 Å². The topological polar surface area (TPSA) is 70.1 Å². The molecule has 3 atom stereocenters. The van der Waals surface area contributed by atoms with Crippen molar-refractivity contribution in [1.29, 1.82) is 0 Å². The van der Waals surface area contributed by atoms with Crippen LogP contribution in [0.15, 0.2) is 0 Å².